The number of carbonyl (C=O) groups is 1. The number of nitrogens with one attached hydrogen (secondary N) is 1. The summed E-state index contributed by atoms with van der Waals surface area (Å²) >= 11 is 0. The van der Waals surface area contributed by atoms with Crippen LogP contribution in [0.15, 0.2) is 0 Å². The Balaban J connectivity index is 2.16. The molecule has 0 aromatic carbocycles. The van der Waals surface area contributed by atoms with Gasteiger partial charge < -0.3 is 11.1 Å². The molecule has 1 saturated heterocycles. The van der Waals surface area contributed by atoms with E-state index in [2.05, 4.69) is 24.1 Å². The Hall–Kier alpha value is -0.610. The van der Waals surface area contributed by atoms with Crippen molar-refractivity contribution in [1.29, 1.82) is 0 Å². The quantitative estimate of drug-likeness (QED) is 0.685. The number of nitrogens with two attached hydrogens (primary N) is 1. The van der Waals surface area contributed by atoms with Crippen molar-refractivity contribution in [3.05, 3.63) is 0 Å². The first-order valence-electron chi connectivity index (χ1n) is 5.78. The molecular formula is C11H23N3O. The molecule has 0 saturated carbocycles. The zero-order valence-corrected chi connectivity index (χ0v) is 9.99. The summed E-state index contributed by atoms with van der Waals surface area (Å²) in [6, 6.07) is 0.230. The minimum Gasteiger partial charge on any atom is -0.355 e. The number of rotatable bonds is 5. The zero-order valence-electron chi connectivity index (χ0n) is 9.99. The maximum absolute atomic E-state index is 11.7. The van der Waals surface area contributed by atoms with Gasteiger partial charge in [-0.05, 0) is 19.3 Å². The predicted octanol–water partition coefficient (Wildman–Crippen LogP) is 0.180. The third-order valence-electron chi connectivity index (χ3n) is 2.89. The number of amides is 1. The van der Waals surface area contributed by atoms with Crippen LogP contribution < -0.4 is 11.1 Å². The number of carbonyl (C=O) groups excluding carboxylic acids is 1. The van der Waals surface area contributed by atoms with Crippen LogP contribution in [0.4, 0.5) is 0 Å². The second-order valence-electron chi connectivity index (χ2n) is 4.86. The molecule has 0 bridgehead atoms. The first kappa shape index (κ1) is 12.5. The monoisotopic (exact) mass is 213 g/mol. The van der Waals surface area contributed by atoms with Gasteiger partial charge in [0.05, 0.1) is 6.04 Å². The molecule has 0 spiro atoms. The number of hydrogen-bond donors (Lipinski definition) is 2. The summed E-state index contributed by atoms with van der Waals surface area (Å²) in [5.74, 6) is 0.764. The van der Waals surface area contributed by atoms with E-state index >= 15 is 0 Å². The topological polar surface area (TPSA) is 58.4 Å². The zero-order chi connectivity index (χ0) is 11.4. The van der Waals surface area contributed by atoms with Crippen LogP contribution >= 0.6 is 0 Å². The molecule has 0 radical (unpaired) electrons. The summed E-state index contributed by atoms with van der Waals surface area (Å²) in [6.45, 7) is 8.73. The average molecular weight is 213 g/mol. The molecule has 0 aliphatic carbocycles. The largest absolute Gasteiger partial charge is 0.355 e. The fourth-order valence-electron chi connectivity index (χ4n) is 1.66. The Labute approximate surface area is 92.2 Å². The van der Waals surface area contributed by atoms with Crippen LogP contribution in [0.2, 0.25) is 0 Å². The van der Waals surface area contributed by atoms with E-state index < -0.39 is 0 Å². The Morgan fingerprint density at radius 2 is 2.07 bits per heavy atom. The van der Waals surface area contributed by atoms with E-state index in [4.69, 9.17) is 5.73 Å². The fourth-order valence-corrected chi connectivity index (χ4v) is 1.66. The van der Waals surface area contributed by atoms with E-state index in [-0.39, 0.29) is 18.0 Å². The van der Waals surface area contributed by atoms with Crippen molar-refractivity contribution in [1.82, 2.24) is 10.2 Å². The molecule has 1 fully saturated rings. The van der Waals surface area contributed by atoms with Crippen molar-refractivity contribution >= 4 is 5.91 Å². The molecule has 1 aliphatic rings. The minimum atomic E-state index is -0.0306. The van der Waals surface area contributed by atoms with Crippen molar-refractivity contribution in [2.75, 3.05) is 19.6 Å². The van der Waals surface area contributed by atoms with E-state index in [1.165, 1.54) is 0 Å². The van der Waals surface area contributed by atoms with Gasteiger partial charge in [-0.3, -0.25) is 9.69 Å². The third-order valence-corrected chi connectivity index (χ3v) is 2.89. The highest BCUT2D eigenvalue weighted by molar-refractivity contribution is 5.81. The Morgan fingerprint density at radius 3 is 2.53 bits per heavy atom. The number of hydrogen-bond acceptors (Lipinski definition) is 3. The Morgan fingerprint density at radius 1 is 1.47 bits per heavy atom. The highest BCUT2D eigenvalue weighted by Crippen LogP contribution is 2.10. The third kappa shape index (κ3) is 3.80. The summed E-state index contributed by atoms with van der Waals surface area (Å²) in [7, 11) is 0. The van der Waals surface area contributed by atoms with Gasteiger partial charge in [-0.2, -0.15) is 0 Å². The van der Waals surface area contributed by atoms with Crippen molar-refractivity contribution in [2.45, 2.75) is 39.3 Å². The molecule has 1 heterocycles. The fraction of sp³-hybridized carbons (Fsp3) is 0.909. The van der Waals surface area contributed by atoms with Crippen LogP contribution in [-0.2, 0) is 4.79 Å². The number of nitrogens with zero attached hydrogens (tertiary/aromatic N) is 1. The van der Waals surface area contributed by atoms with E-state index in [1.54, 1.807) is 0 Å². The van der Waals surface area contributed by atoms with Crippen molar-refractivity contribution in [3.63, 3.8) is 0 Å². The molecule has 1 atom stereocenters. The van der Waals surface area contributed by atoms with E-state index in [9.17, 15) is 4.79 Å². The molecule has 1 amide bonds. The number of likely N-dealkylation sites (tertiary alicyclic amines) is 1. The lowest BCUT2D eigenvalue weighted by Gasteiger charge is -2.40. The predicted molar refractivity (Wildman–Crippen MR) is 61.5 cm³/mol. The summed E-state index contributed by atoms with van der Waals surface area (Å²) in [5, 5.41) is 2.96. The molecule has 4 heteroatoms. The summed E-state index contributed by atoms with van der Waals surface area (Å²) in [6.07, 6.45) is 1.04. The van der Waals surface area contributed by atoms with Crippen molar-refractivity contribution in [2.24, 2.45) is 11.7 Å². The SMILES string of the molecule is CC(C)CCNC(=O)C(C)N1CC(N)C1. The van der Waals surface area contributed by atoms with Gasteiger partial charge in [0.1, 0.15) is 0 Å². The van der Waals surface area contributed by atoms with E-state index in [0.29, 0.717) is 5.92 Å². The van der Waals surface area contributed by atoms with Crippen LogP contribution in [0, 0.1) is 5.92 Å². The van der Waals surface area contributed by atoms with Gasteiger partial charge in [0.2, 0.25) is 5.91 Å². The molecule has 1 unspecified atom stereocenters. The highest BCUT2D eigenvalue weighted by Gasteiger charge is 2.30. The highest BCUT2D eigenvalue weighted by atomic mass is 16.2. The van der Waals surface area contributed by atoms with Crippen LogP contribution in [0.3, 0.4) is 0 Å². The first-order chi connectivity index (χ1) is 7.00. The van der Waals surface area contributed by atoms with E-state index in [1.807, 2.05) is 6.92 Å². The molecule has 15 heavy (non-hydrogen) atoms. The maximum atomic E-state index is 11.7. The molecule has 1 aliphatic heterocycles. The van der Waals surface area contributed by atoms with Crippen LogP contribution in [0.5, 0.6) is 0 Å². The standard InChI is InChI=1S/C11H23N3O/c1-8(2)4-5-13-11(15)9(3)14-6-10(12)7-14/h8-10H,4-7,12H2,1-3H3,(H,13,15). The second kappa shape index (κ2) is 5.47. The average Bonchev–Trinajstić information content (AvgIpc) is 2.11. The molecule has 4 nitrogen and oxygen atoms in total. The molecular weight excluding hydrogens is 190 g/mol. The molecule has 0 aromatic rings. The van der Waals surface area contributed by atoms with Gasteiger partial charge in [-0.15, -0.1) is 0 Å². The molecule has 1 rings (SSSR count). The second-order valence-corrected chi connectivity index (χ2v) is 4.86. The van der Waals surface area contributed by atoms with Gasteiger partial charge in [0.25, 0.3) is 0 Å². The van der Waals surface area contributed by atoms with Gasteiger partial charge in [-0.1, -0.05) is 13.8 Å². The lowest BCUT2D eigenvalue weighted by Crippen LogP contribution is -2.61. The van der Waals surface area contributed by atoms with E-state index in [0.717, 1.165) is 26.1 Å². The lowest BCUT2D eigenvalue weighted by molar-refractivity contribution is -0.127. The van der Waals surface area contributed by atoms with Gasteiger partial charge in [0, 0.05) is 25.7 Å². The Kier molecular flexibility index (Phi) is 4.54. The minimum absolute atomic E-state index is 0.0306. The Bertz CT molecular complexity index is 212. The molecule has 3 N–H and O–H groups in total. The summed E-state index contributed by atoms with van der Waals surface area (Å²) in [4.78, 5) is 13.8. The van der Waals surface area contributed by atoms with Gasteiger partial charge in [0.15, 0.2) is 0 Å². The van der Waals surface area contributed by atoms with Crippen LogP contribution in [-0.4, -0.2) is 42.5 Å². The van der Waals surface area contributed by atoms with Crippen LogP contribution in [0.25, 0.3) is 0 Å². The van der Waals surface area contributed by atoms with Gasteiger partial charge >= 0.3 is 0 Å². The summed E-state index contributed by atoms with van der Waals surface area (Å²) < 4.78 is 0. The normalized spacial score (nSPS) is 20.1. The summed E-state index contributed by atoms with van der Waals surface area (Å²) in [5.41, 5.74) is 5.67. The van der Waals surface area contributed by atoms with Crippen molar-refractivity contribution in [3.8, 4) is 0 Å². The van der Waals surface area contributed by atoms with Crippen LogP contribution in [0.1, 0.15) is 27.2 Å². The van der Waals surface area contributed by atoms with Crippen molar-refractivity contribution < 1.29 is 4.79 Å². The first-order valence-corrected chi connectivity index (χ1v) is 5.78. The smallest absolute Gasteiger partial charge is 0.237 e. The molecule has 88 valence electrons. The maximum Gasteiger partial charge on any atom is 0.237 e. The lowest BCUT2D eigenvalue weighted by atomic mass is 10.1. The molecule has 0 aromatic heterocycles. The van der Waals surface area contributed by atoms with Gasteiger partial charge in [-0.25, -0.2) is 0 Å².